The Morgan fingerprint density at radius 2 is 1.71 bits per heavy atom. The molecule has 2 aromatic heterocycles. The molecule has 0 unspecified atom stereocenters. The van der Waals surface area contributed by atoms with Gasteiger partial charge in [0.2, 0.25) is 0 Å². The molecule has 0 N–H and O–H groups in total. The minimum atomic E-state index is -4.87. The molecule has 1 aromatic carbocycles. The molecule has 14 heteroatoms. The first-order valence-electron chi connectivity index (χ1n) is 12.2. The van der Waals surface area contributed by atoms with Gasteiger partial charge in [0.05, 0.1) is 13.2 Å². The Bertz CT molecular complexity index is 1360. The second-order valence-corrected chi connectivity index (χ2v) is 15.5. The zero-order valence-corrected chi connectivity index (χ0v) is 23.1. The summed E-state index contributed by atoms with van der Waals surface area (Å²) < 4.78 is 62.8. The van der Waals surface area contributed by atoms with Gasteiger partial charge < -0.3 is 18.9 Å². The lowest BCUT2D eigenvalue weighted by molar-refractivity contribution is -0.274. The third-order valence-corrected chi connectivity index (χ3v) is 7.17. The van der Waals surface area contributed by atoms with Crippen molar-refractivity contribution in [1.29, 1.82) is 0 Å². The fourth-order valence-corrected chi connectivity index (χ4v) is 4.28. The summed E-state index contributed by atoms with van der Waals surface area (Å²) in [7, 11) is 0.0669. The van der Waals surface area contributed by atoms with Crippen LogP contribution in [0.3, 0.4) is 0 Å². The van der Waals surface area contributed by atoms with Gasteiger partial charge in [-0.25, -0.2) is 4.79 Å². The highest BCUT2D eigenvalue weighted by atomic mass is 28.3. The van der Waals surface area contributed by atoms with Gasteiger partial charge in [-0.1, -0.05) is 32.6 Å². The van der Waals surface area contributed by atoms with Crippen LogP contribution in [0.5, 0.6) is 17.5 Å². The van der Waals surface area contributed by atoms with Crippen LogP contribution in [-0.2, 0) is 29.8 Å². The van der Waals surface area contributed by atoms with E-state index in [9.17, 15) is 22.8 Å². The van der Waals surface area contributed by atoms with Gasteiger partial charge in [-0.3, -0.25) is 18.5 Å². The van der Waals surface area contributed by atoms with Gasteiger partial charge in [-0.05, 0) is 24.6 Å². The maximum absolute atomic E-state index is 13.4. The van der Waals surface area contributed by atoms with Crippen molar-refractivity contribution >= 4 is 19.2 Å². The minimum absolute atomic E-state index is 0.0105. The van der Waals surface area contributed by atoms with Gasteiger partial charge >= 0.3 is 18.1 Å². The van der Waals surface area contributed by atoms with Crippen LogP contribution in [0.4, 0.5) is 13.2 Å². The average molecular weight is 559 g/mol. The summed E-state index contributed by atoms with van der Waals surface area (Å²) >= 11 is 0. The van der Waals surface area contributed by atoms with Crippen LogP contribution < -0.4 is 20.7 Å². The zero-order valence-electron chi connectivity index (χ0n) is 22.1. The molecule has 3 rings (SSSR count). The van der Waals surface area contributed by atoms with E-state index in [1.165, 1.54) is 28.3 Å². The van der Waals surface area contributed by atoms with Gasteiger partial charge in [0.15, 0.2) is 11.2 Å². The molecule has 210 valence electrons. The average Bonchev–Trinajstić information content (AvgIpc) is 3.16. The smallest absolute Gasteiger partial charge is 0.425 e. The predicted molar refractivity (Wildman–Crippen MR) is 138 cm³/mol. The molecular weight excluding hydrogens is 525 g/mol. The molecule has 0 atom stereocenters. The monoisotopic (exact) mass is 558 g/mol. The van der Waals surface area contributed by atoms with E-state index in [0.717, 1.165) is 29.2 Å². The van der Waals surface area contributed by atoms with E-state index < -0.39 is 31.4 Å². The number of hydrogen-bond donors (Lipinski definition) is 0. The normalized spacial score (nSPS) is 12.3. The summed E-state index contributed by atoms with van der Waals surface area (Å²) in [6, 6.07) is 5.67. The second-order valence-electron chi connectivity index (χ2n) is 9.88. The molecule has 0 aliphatic rings. The SMILES string of the molecule is CCCOCCn1c(=O)c2c(nc(Oc3cccc(OC(F)(F)F)c3)n2COCC[Si](C)(C)C)n(C)c1=O. The second kappa shape index (κ2) is 12.2. The fraction of sp³-hybridized carbons (Fsp3) is 0.542. The maximum Gasteiger partial charge on any atom is 0.573 e. The van der Waals surface area contributed by atoms with Crippen molar-refractivity contribution in [3.63, 3.8) is 0 Å². The molecule has 38 heavy (non-hydrogen) atoms. The highest BCUT2D eigenvalue weighted by Crippen LogP contribution is 2.29. The molecule has 0 fully saturated rings. The van der Waals surface area contributed by atoms with Crippen LogP contribution in [-0.4, -0.2) is 52.9 Å². The third-order valence-electron chi connectivity index (χ3n) is 5.47. The molecule has 0 aliphatic carbocycles. The van der Waals surface area contributed by atoms with Crippen molar-refractivity contribution in [3.8, 4) is 17.5 Å². The van der Waals surface area contributed by atoms with Crippen LogP contribution in [0.1, 0.15) is 13.3 Å². The van der Waals surface area contributed by atoms with E-state index in [2.05, 4.69) is 29.4 Å². The molecule has 0 bridgehead atoms. The number of benzene rings is 1. The Balaban J connectivity index is 2.04. The van der Waals surface area contributed by atoms with E-state index in [1.807, 2.05) is 6.92 Å². The molecule has 10 nitrogen and oxygen atoms in total. The molecule has 3 aromatic rings. The Hall–Kier alpha value is -3.10. The summed E-state index contributed by atoms with van der Waals surface area (Å²) in [4.78, 5) is 30.7. The van der Waals surface area contributed by atoms with E-state index >= 15 is 0 Å². The topological polar surface area (TPSA) is 98.7 Å². The van der Waals surface area contributed by atoms with Crippen molar-refractivity contribution in [2.45, 2.75) is 58.7 Å². The molecule has 0 radical (unpaired) electrons. The predicted octanol–water partition coefficient (Wildman–Crippen LogP) is 4.33. The van der Waals surface area contributed by atoms with Crippen LogP contribution in [0.2, 0.25) is 25.7 Å². The summed E-state index contributed by atoms with van der Waals surface area (Å²) in [6.45, 7) is 9.55. The van der Waals surface area contributed by atoms with Crippen molar-refractivity contribution in [2.24, 2.45) is 7.05 Å². The van der Waals surface area contributed by atoms with Crippen LogP contribution in [0.25, 0.3) is 11.2 Å². The molecule has 0 aliphatic heterocycles. The highest BCUT2D eigenvalue weighted by Gasteiger charge is 2.31. The third kappa shape index (κ3) is 7.71. The fourth-order valence-electron chi connectivity index (χ4n) is 3.52. The Morgan fingerprint density at radius 1 is 1.00 bits per heavy atom. The number of fused-ring (bicyclic) bond motifs is 1. The Morgan fingerprint density at radius 3 is 2.37 bits per heavy atom. The molecule has 0 saturated carbocycles. The molecule has 0 amide bonds. The summed E-state index contributed by atoms with van der Waals surface area (Å²) in [6.07, 6.45) is -4.08. The summed E-state index contributed by atoms with van der Waals surface area (Å²) in [5, 5.41) is 0. The number of hydrogen-bond acceptors (Lipinski definition) is 7. The van der Waals surface area contributed by atoms with E-state index in [0.29, 0.717) is 13.2 Å². The number of halogens is 3. The first-order valence-corrected chi connectivity index (χ1v) is 15.9. The zero-order chi connectivity index (χ0) is 28.1. The van der Waals surface area contributed by atoms with Gasteiger partial charge in [0, 0.05) is 34.4 Å². The molecule has 0 saturated heterocycles. The summed E-state index contributed by atoms with van der Waals surface area (Å²) in [5.74, 6) is -0.491. The van der Waals surface area contributed by atoms with Crippen molar-refractivity contribution in [2.75, 3.05) is 19.8 Å². The van der Waals surface area contributed by atoms with E-state index in [4.69, 9.17) is 14.2 Å². The molecular formula is C24H33F3N4O6Si. The molecule has 0 spiro atoms. The number of nitrogens with zero attached hydrogens (tertiary/aromatic N) is 4. The first-order chi connectivity index (χ1) is 17.8. The van der Waals surface area contributed by atoms with E-state index in [-0.39, 0.29) is 42.8 Å². The largest absolute Gasteiger partial charge is 0.573 e. The standard InChI is InChI=1S/C24H33F3N4O6Si/c1-6-11-34-12-10-30-21(32)19-20(29(2)23(30)33)28-22(31(19)16-35-13-14-38(3,4)5)36-17-8-7-9-18(15-17)37-24(25,26)27/h7-9,15H,6,10-14,16H2,1-5H3. The lowest BCUT2D eigenvalue weighted by Crippen LogP contribution is -2.40. The first kappa shape index (κ1) is 29.5. The van der Waals surface area contributed by atoms with Crippen LogP contribution >= 0.6 is 0 Å². The van der Waals surface area contributed by atoms with Crippen molar-refractivity contribution < 1.29 is 32.1 Å². The van der Waals surface area contributed by atoms with Crippen LogP contribution in [0.15, 0.2) is 33.9 Å². The Kier molecular flexibility index (Phi) is 9.43. The number of aryl methyl sites for hydroxylation is 1. The highest BCUT2D eigenvalue weighted by molar-refractivity contribution is 6.76. The van der Waals surface area contributed by atoms with Gasteiger partial charge in [0.25, 0.3) is 5.56 Å². The quantitative estimate of drug-likeness (QED) is 0.228. The van der Waals surface area contributed by atoms with Gasteiger partial charge in [0.1, 0.15) is 18.2 Å². The van der Waals surface area contributed by atoms with Gasteiger partial charge in [-0.15, -0.1) is 13.2 Å². The summed E-state index contributed by atoms with van der Waals surface area (Å²) in [5.41, 5.74) is -1.07. The lowest BCUT2D eigenvalue weighted by atomic mass is 10.3. The molecule has 2 heterocycles. The lowest BCUT2D eigenvalue weighted by Gasteiger charge is -2.16. The van der Waals surface area contributed by atoms with Gasteiger partial charge in [-0.2, -0.15) is 4.98 Å². The number of ether oxygens (including phenoxy) is 4. The maximum atomic E-state index is 13.4. The number of aromatic nitrogens is 4. The number of rotatable bonds is 13. The Labute approximate surface area is 218 Å². The van der Waals surface area contributed by atoms with Crippen LogP contribution in [0, 0.1) is 0 Å². The van der Waals surface area contributed by atoms with E-state index in [1.54, 1.807) is 0 Å². The van der Waals surface area contributed by atoms with Crippen molar-refractivity contribution in [1.82, 2.24) is 18.7 Å². The van der Waals surface area contributed by atoms with Crippen molar-refractivity contribution in [3.05, 3.63) is 45.1 Å². The minimum Gasteiger partial charge on any atom is -0.425 e. The number of imidazole rings is 1. The number of alkyl halides is 3.